The van der Waals surface area contributed by atoms with Gasteiger partial charge in [0.1, 0.15) is 0 Å². The Kier molecular flexibility index (Phi) is 3.65. The van der Waals surface area contributed by atoms with Crippen molar-refractivity contribution in [1.29, 1.82) is 0 Å². The van der Waals surface area contributed by atoms with E-state index < -0.39 is 0 Å². The smallest absolute Gasteiger partial charge is 0.255 e. The van der Waals surface area contributed by atoms with E-state index in [1.807, 2.05) is 6.92 Å². The maximum absolute atomic E-state index is 12.1. The summed E-state index contributed by atoms with van der Waals surface area (Å²) in [4.78, 5) is 13.9. The standard InChI is InChI=1S/C11H16N4O2/c1-8(12)10-7-15(4-5-17-10)11(16)9-2-3-13-14-6-9/h2-3,6,8,10H,4-5,7,12H2,1H3. The van der Waals surface area contributed by atoms with Crippen LogP contribution in [-0.2, 0) is 4.74 Å². The van der Waals surface area contributed by atoms with Gasteiger partial charge in [-0.2, -0.15) is 10.2 Å². The van der Waals surface area contributed by atoms with Crippen LogP contribution in [-0.4, -0.2) is 52.8 Å². The molecule has 2 atom stereocenters. The molecule has 1 aliphatic rings. The molecule has 6 heteroatoms. The highest BCUT2D eigenvalue weighted by molar-refractivity contribution is 5.93. The lowest BCUT2D eigenvalue weighted by Gasteiger charge is -2.34. The summed E-state index contributed by atoms with van der Waals surface area (Å²) in [5.74, 6) is -0.0474. The number of morpholine rings is 1. The van der Waals surface area contributed by atoms with Gasteiger partial charge in [-0.15, -0.1) is 0 Å². The van der Waals surface area contributed by atoms with Crippen LogP contribution in [0.4, 0.5) is 0 Å². The first-order valence-corrected chi connectivity index (χ1v) is 5.61. The van der Waals surface area contributed by atoms with Crippen LogP contribution in [0.5, 0.6) is 0 Å². The summed E-state index contributed by atoms with van der Waals surface area (Å²) >= 11 is 0. The van der Waals surface area contributed by atoms with Crippen molar-refractivity contribution in [3.8, 4) is 0 Å². The normalized spacial score (nSPS) is 22.2. The Morgan fingerprint density at radius 2 is 2.47 bits per heavy atom. The summed E-state index contributed by atoms with van der Waals surface area (Å²) in [5.41, 5.74) is 6.33. The van der Waals surface area contributed by atoms with Gasteiger partial charge in [-0.1, -0.05) is 0 Å². The Hall–Kier alpha value is -1.53. The van der Waals surface area contributed by atoms with Crippen LogP contribution >= 0.6 is 0 Å². The predicted molar refractivity (Wildman–Crippen MR) is 61.3 cm³/mol. The first kappa shape index (κ1) is 11.9. The Morgan fingerprint density at radius 1 is 1.65 bits per heavy atom. The van der Waals surface area contributed by atoms with Gasteiger partial charge in [0, 0.05) is 19.1 Å². The fourth-order valence-corrected chi connectivity index (χ4v) is 1.78. The first-order chi connectivity index (χ1) is 8.18. The molecule has 2 rings (SSSR count). The summed E-state index contributed by atoms with van der Waals surface area (Å²) in [5, 5.41) is 7.35. The third-order valence-corrected chi connectivity index (χ3v) is 2.80. The van der Waals surface area contributed by atoms with Crippen LogP contribution < -0.4 is 5.73 Å². The van der Waals surface area contributed by atoms with Crippen molar-refractivity contribution in [3.63, 3.8) is 0 Å². The maximum atomic E-state index is 12.1. The third kappa shape index (κ3) is 2.78. The summed E-state index contributed by atoms with van der Waals surface area (Å²) in [6.07, 6.45) is 2.89. The van der Waals surface area contributed by atoms with Crippen LogP contribution in [0.2, 0.25) is 0 Å². The molecular formula is C11H16N4O2. The molecule has 92 valence electrons. The number of ether oxygens (including phenoxy) is 1. The van der Waals surface area contributed by atoms with E-state index in [-0.39, 0.29) is 18.1 Å². The number of amides is 1. The minimum absolute atomic E-state index is 0.0474. The summed E-state index contributed by atoms with van der Waals surface area (Å²) in [7, 11) is 0. The van der Waals surface area contributed by atoms with E-state index in [2.05, 4.69) is 10.2 Å². The molecular weight excluding hydrogens is 220 g/mol. The van der Waals surface area contributed by atoms with E-state index in [1.54, 1.807) is 11.0 Å². The minimum atomic E-state index is -0.0949. The zero-order valence-corrected chi connectivity index (χ0v) is 9.74. The molecule has 2 N–H and O–H groups in total. The molecule has 0 spiro atoms. The van der Waals surface area contributed by atoms with Crippen LogP contribution in [0.3, 0.4) is 0 Å². The van der Waals surface area contributed by atoms with Gasteiger partial charge >= 0.3 is 0 Å². The van der Waals surface area contributed by atoms with E-state index in [0.29, 0.717) is 25.3 Å². The second-order valence-electron chi connectivity index (χ2n) is 4.15. The number of hydrogen-bond acceptors (Lipinski definition) is 5. The molecule has 1 aromatic heterocycles. The molecule has 1 aliphatic heterocycles. The Morgan fingerprint density at radius 3 is 3.12 bits per heavy atom. The Labute approximate surface area is 99.8 Å². The van der Waals surface area contributed by atoms with Crippen molar-refractivity contribution in [2.24, 2.45) is 5.73 Å². The van der Waals surface area contributed by atoms with Gasteiger partial charge < -0.3 is 15.4 Å². The van der Waals surface area contributed by atoms with Crippen molar-refractivity contribution < 1.29 is 9.53 Å². The van der Waals surface area contributed by atoms with Crippen LogP contribution in [0.15, 0.2) is 18.5 Å². The zero-order chi connectivity index (χ0) is 12.3. The van der Waals surface area contributed by atoms with Gasteiger partial charge in [0.2, 0.25) is 0 Å². The molecule has 0 radical (unpaired) electrons. The topological polar surface area (TPSA) is 81.3 Å². The minimum Gasteiger partial charge on any atom is -0.373 e. The number of carbonyl (C=O) groups excluding carboxylic acids is 1. The lowest BCUT2D eigenvalue weighted by Crippen LogP contribution is -2.51. The SMILES string of the molecule is CC(N)C1CN(C(=O)c2ccnnc2)CCO1. The second-order valence-corrected chi connectivity index (χ2v) is 4.15. The lowest BCUT2D eigenvalue weighted by atomic mass is 10.1. The van der Waals surface area contributed by atoms with Crippen molar-refractivity contribution >= 4 is 5.91 Å². The average molecular weight is 236 g/mol. The largest absolute Gasteiger partial charge is 0.373 e. The van der Waals surface area contributed by atoms with E-state index >= 15 is 0 Å². The number of carbonyl (C=O) groups is 1. The molecule has 2 unspecified atom stereocenters. The van der Waals surface area contributed by atoms with Crippen molar-refractivity contribution in [2.75, 3.05) is 19.7 Å². The van der Waals surface area contributed by atoms with Gasteiger partial charge in [-0.3, -0.25) is 4.79 Å². The van der Waals surface area contributed by atoms with Gasteiger partial charge in [0.05, 0.1) is 30.7 Å². The predicted octanol–water partition coefficient (Wildman–Crippen LogP) is -0.335. The van der Waals surface area contributed by atoms with Crippen LogP contribution in [0.1, 0.15) is 17.3 Å². The van der Waals surface area contributed by atoms with E-state index in [9.17, 15) is 4.79 Å². The fraction of sp³-hybridized carbons (Fsp3) is 0.545. The number of nitrogens with zero attached hydrogens (tertiary/aromatic N) is 3. The van der Waals surface area contributed by atoms with E-state index in [0.717, 1.165) is 0 Å². The van der Waals surface area contributed by atoms with E-state index in [4.69, 9.17) is 10.5 Å². The number of hydrogen-bond donors (Lipinski definition) is 1. The molecule has 6 nitrogen and oxygen atoms in total. The quantitative estimate of drug-likeness (QED) is 0.760. The fourth-order valence-electron chi connectivity index (χ4n) is 1.78. The number of nitrogens with two attached hydrogens (primary N) is 1. The molecule has 1 fully saturated rings. The lowest BCUT2D eigenvalue weighted by molar-refractivity contribution is -0.0300. The van der Waals surface area contributed by atoms with Crippen LogP contribution in [0.25, 0.3) is 0 Å². The summed E-state index contributed by atoms with van der Waals surface area (Å²) in [6, 6.07) is 1.58. The molecule has 1 aromatic rings. The monoisotopic (exact) mass is 236 g/mol. The Bertz CT molecular complexity index is 382. The molecule has 1 amide bonds. The van der Waals surface area contributed by atoms with Gasteiger partial charge in [-0.25, -0.2) is 0 Å². The molecule has 0 bridgehead atoms. The van der Waals surface area contributed by atoms with Gasteiger partial charge in [-0.05, 0) is 13.0 Å². The summed E-state index contributed by atoms with van der Waals surface area (Å²) in [6.45, 7) is 3.52. The van der Waals surface area contributed by atoms with Crippen molar-refractivity contribution in [1.82, 2.24) is 15.1 Å². The van der Waals surface area contributed by atoms with Crippen molar-refractivity contribution in [3.05, 3.63) is 24.0 Å². The number of rotatable bonds is 2. The van der Waals surface area contributed by atoms with Gasteiger partial charge in [0.25, 0.3) is 5.91 Å². The zero-order valence-electron chi connectivity index (χ0n) is 9.74. The third-order valence-electron chi connectivity index (χ3n) is 2.80. The maximum Gasteiger partial charge on any atom is 0.255 e. The van der Waals surface area contributed by atoms with Crippen LogP contribution in [0, 0.1) is 0 Å². The van der Waals surface area contributed by atoms with Crippen molar-refractivity contribution in [2.45, 2.75) is 19.1 Å². The Balaban J connectivity index is 2.05. The highest BCUT2D eigenvalue weighted by Crippen LogP contribution is 2.11. The summed E-state index contributed by atoms with van der Waals surface area (Å²) < 4.78 is 5.51. The molecule has 0 aliphatic carbocycles. The molecule has 1 saturated heterocycles. The average Bonchev–Trinajstić information content (AvgIpc) is 2.39. The van der Waals surface area contributed by atoms with Gasteiger partial charge in [0.15, 0.2) is 0 Å². The molecule has 2 heterocycles. The highest BCUT2D eigenvalue weighted by atomic mass is 16.5. The highest BCUT2D eigenvalue weighted by Gasteiger charge is 2.27. The van der Waals surface area contributed by atoms with E-state index in [1.165, 1.54) is 12.4 Å². The first-order valence-electron chi connectivity index (χ1n) is 5.61. The second kappa shape index (κ2) is 5.20. The molecule has 0 aromatic carbocycles. The molecule has 17 heavy (non-hydrogen) atoms. The molecule has 0 saturated carbocycles. The number of aromatic nitrogens is 2.